The van der Waals surface area contributed by atoms with E-state index in [2.05, 4.69) is 21.7 Å². The molecule has 2 atom stereocenters. The highest BCUT2D eigenvalue weighted by atomic mass is 127. The quantitative estimate of drug-likeness (QED) is 0.320. The van der Waals surface area contributed by atoms with Crippen LogP contribution >= 0.6 is 35.6 Å². The van der Waals surface area contributed by atoms with Crippen LogP contribution in [0.4, 0.5) is 0 Å². The second-order valence-corrected chi connectivity index (χ2v) is 5.43. The van der Waals surface area contributed by atoms with Gasteiger partial charge in [-0.3, -0.25) is 4.99 Å². The highest BCUT2D eigenvalue weighted by Gasteiger charge is 2.39. The number of nitrogens with one attached hydrogen (secondary N) is 2. The fourth-order valence-electron chi connectivity index (χ4n) is 2.25. The zero-order valence-corrected chi connectivity index (χ0v) is 15.5. The lowest BCUT2D eigenvalue weighted by atomic mass is 10.1. The number of benzene rings is 1. The molecule has 1 aromatic carbocycles. The van der Waals surface area contributed by atoms with Gasteiger partial charge in [0.05, 0.1) is 0 Å². The summed E-state index contributed by atoms with van der Waals surface area (Å²) in [6.07, 6.45) is 2.10. The van der Waals surface area contributed by atoms with Crippen molar-refractivity contribution in [2.24, 2.45) is 4.99 Å². The molecule has 1 aromatic rings. The topological polar surface area (TPSA) is 45.7 Å². The normalized spacial score (nSPS) is 20.6. The third kappa shape index (κ3) is 6.00. The van der Waals surface area contributed by atoms with E-state index in [9.17, 15) is 0 Å². The zero-order valence-electron chi connectivity index (χ0n) is 12.4. The van der Waals surface area contributed by atoms with Crippen LogP contribution in [0.2, 0.25) is 5.02 Å². The minimum Gasteiger partial charge on any atom is -0.385 e. The molecule has 0 radical (unpaired) electrons. The molecule has 0 heterocycles. The number of methoxy groups -OCH3 is 1. The first-order valence-electron chi connectivity index (χ1n) is 6.96. The fraction of sp³-hybridized carbons (Fsp3) is 0.533. The van der Waals surface area contributed by atoms with Gasteiger partial charge in [-0.15, -0.1) is 24.0 Å². The highest BCUT2D eigenvalue weighted by molar-refractivity contribution is 14.0. The number of rotatable bonds is 6. The van der Waals surface area contributed by atoms with Gasteiger partial charge in [0.1, 0.15) is 0 Å². The maximum atomic E-state index is 6.03. The Kier molecular flexibility index (Phi) is 8.36. The van der Waals surface area contributed by atoms with E-state index in [1.165, 1.54) is 5.56 Å². The van der Waals surface area contributed by atoms with E-state index in [1.54, 1.807) is 14.2 Å². The average molecular weight is 424 g/mol. The molecule has 0 aromatic heterocycles. The Morgan fingerprint density at radius 2 is 2.29 bits per heavy atom. The smallest absolute Gasteiger partial charge is 0.191 e. The van der Waals surface area contributed by atoms with Crippen LogP contribution in [0.15, 0.2) is 29.3 Å². The number of hydrogen-bond acceptors (Lipinski definition) is 2. The van der Waals surface area contributed by atoms with Crippen LogP contribution in [0.3, 0.4) is 0 Å². The number of hydrogen-bond donors (Lipinski definition) is 2. The second-order valence-electron chi connectivity index (χ2n) is 4.99. The summed E-state index contributed by atoms with van der Waals surface area (Å²) in [6, 6.07) is 8.54. The van der Waals surface area contributed by atoms with Crippen molar-refractivity contribution >= 4 is 41.5 Å². The third-order valence-electron chi connectivity index (χ3n) is 3.43. The molecule has 0 spiro atoms. The summed E-state index contributed by atoms with van der Waals surface area (Å²) in [5.74, 6) is 1.39. The molecule has 1 saturated carbocycles. The predicted octanol–water partition coefficient (Wildman–Crippen LogP) is 3.02. The number of guanidine groups is 1. The zero-order chi connectivity index (χ0) is 14.4. The minimum absolute atomic E-state index is 0. The Morgan fingerprint density at radius 3 is 2.95 bits per heavy atom. The molecule has 2 unspecified atom stereocenters. The van der Waals surface area contributed by atoms with Crippen molar-refractivity contribution in [1.82, 2.24) is 10.6 Å². The average Bonchev–Trinajstić information content (AvgIpc) is 3.21. The second kappa shape index (κ2) is 9.48. The molecule has 1 fully saturated rings. The summed E-state index contributed by atoms with van der Waals surface area (Å²) < 4.78 is 5.02. The van der Waals surface area contributed by atoms with Crippen molar-refractivity contribution < 1.29 is 4.74 Å². The van der Waals surface area contributed by atoms with Gasteiger partial charge in [-0.1, -0.05) is 23.7 Å². The van der Waals surface area contributed by atoms with E-state index in [-0.39, 0.29) is 24.0 Å². The molecule has 6 heteroatoms. The standard InChI is InChI=1S/C15H22ClN3O.HI/c1-17-15(18-7-4-8-20-2)19-14-10-13(14)11-5-3-6-12(16)9-11;/h3,5-6,9,13-14H,4,7-8,10H2,1-2H3,(H2,17,18,19);1H. The van der Waals surface area contributed by atoms with Crippen molar-refractivity contribution in [3.05, 3.63) is 34.9 Å². The molecule has 0 bridgehead atoms. The molecule has 4 nitrogen and oxygen atoms in total. The SMILES string of the molecule is CN=C(NCCCOC)NC1CC1c1cccc(Cl)c1.I. The molecule has 0 saturated heterocycles. The number of nitrogens with zero attached hydrogens (tertiary/aromatic N) is 1. The molecular formula is C15H23ClIN3O. The van der Waals surface area contributed by atoms with Crippen LogP contribution < -0.4 is 10.6 Å². The summed E-state index contributed by atoms with van der Waals surface area (Å²) in [6.45, 7) is 1.63. The lowest BCUT2D eigenvalue weighted by Crippen LogP contribution is -2.39. The van der Waals surface area contributed by atoms with Crippen LogP contribution in [0.5, 0.6) is 0 Å². The van der Waals surface area contributed by atoms with E-state index in [0.29, 0.717) is 12.0 Å². The number of ether oxygens (including phenoxy) is 1. The van der Waals surface area contributed by atoms with Crippen LogP contribution in [-0.4, -0.2) is 39.3 Å². The lowest BCUT2D eigenvalue weighted by molar-refractivity contribution is 0.195. The van der Waals surface area contributed by atoms with Crippen molar-refractivity contribution in [3.63, 3.8) is 0 Å². The van der Waals surface area contributed by atoms with Gasteiger partial charge in [-0.2, -0.15) is 0 Å². The van der Waals surface area contributed by atoms with Crippen LogP contribution in [0.25, 0.3) is 0 Å². The van der Waals surface area contributed by atoms with Gasteiger partial charge in [0.15, 0.2) is 5.96 Å². The Balaban J connectivity index is 0.00000220. The Bertz CT molecular complexity index is 470. The molecule has 1 aliphatic carbocycles. The molecule has 0 aliphatic heterocycles. The van der Waals surface area contributed by atoms with Gasteiger partial charge in [-0.25, -0.2) is 0 Å². The van der Waals surface area contributed by atoms with Crippen LogP contribution in [0, 0.1) is 0 Å². The van der Waals surface area contributed by atoms with Crippen molar-refractivity contribution in [3.8, 4) is 0 Å². The first-order chi connectivity index (χ1) is 9.74. The van der Waals surface area contributed by atoms with Gasteiger partial charge in [0, 0.05) is 44.3 Å². The number of halogens is 2. The molecular weight excluding hydrogens is 401 g/mol. The molecule has 118 valence electrons. The summed E-state index contributed by atoms with van der Waals surface area (Å²) in [5, 5.41) is 7.53. The highest BCUT2D eigenvalue weighted by Crippen LogP contribution is 2.41. The molecule has 1 aliphatic rings. The minimum atomic E-state index is 0. The molecule has 21 heavy (non-hydrogen) atoms. The Morgan fingerprint density at radius 1 is 1.48 bits per heavy atom. The van der Waals surface area contributed by atoms with Gasteiger partial charge >= 0.3 is 0 Å². The van der Waals surface area contributed by atoms with Crippen LogP contribution in [0.1, 0.15) is 24.3 Å². The van der Waals surface area contributed by atoms with Gasteiger partial charge in [0.25, 0.3) is 0 Å². The van der Waals surface area contributed by atoms with E-state index in [4.69, 9.17) is 16.3 Å². The van der Waals surface area contributed by atoms with Crippen molar-refractivity contribution in [2.75, 3.05) is 27.3 Å². The summed E-state index contributed by atoms with van der Waals surface area (Å²) in [7, 11) is 3.51. The third-order valence-corrected chi connectivity index (χ3v) is 3.67. The fourth-order valence-corrected chi connectivity index (χ4v) is 2.45. The van der Waals surface area contributed by atoms with Gasteiger partial charge in [-0.05, 0) is 30.5 Å². The van der Waals surface area contributed by atoms with E-state index >= 15 is 0 Å². The molecule has 0 amide bonds. The van der Waals surface area contributed by atoms with Crippen LogP contribution in [-0.2, 0) is 4.74 Å². The summed E-state index contributed by atoms with van der Waals surface area (Å²) in [4.78, 5) is 4.24. The first kappa shape index (κ1) is 18.5. The predicted molar refractivity (Wildman–Crippen MR) is 99.0 cm³/mol. The van der Waals surface area contributed by atoms with Crippen molar-refractivity contribution in [1.29, 1.82) is 0 Å². The van der Waals surface area contributed by atoms with Gasteiger partial charge < -0.3 is 15.4 Å². The largest absolute Gasteiger partial charge is 0.385 e. The molecule has 2 rings (SSSR count). The summed E-state index contributed by atoms with van der Waals surface area (Å²) in [5.41, 5.74) is 1.30. The number of aliphatic imine (C=N–C) groups is 1. The maximum absolute atomic E-state index is 6.03. The van der Waals surface area contributed by atoms with E-state index in [0.717, 1.165) is 37.0 Å². The maximum Gasteiger partial charge on any atom is 0.191 e. The van der Waals surface area contributed by atoms with Crippen molar-refractivity contribution in [2.45, 2.75) is 24.8 Å². The summed E-state index contributed by atoms with van der Waals surface area (Å²) >= 11 is 6.03. The Labute approximate surface area is 148 Å². The Hall–Kier alpha value is -0.530. The van der Waals surface area contributed by atoms with E-state index < -0.39 is 0 Å². The molecule has 2 N–H and O–H groups in total. The van der Waals surface area contributed by atoms with Gasteiger partial charge in [0.2, 0.25) is 0 Å². The van der Waals surface area contributed by atoms with E-state index in [1.807, 2.05) is 18.2 Å². The first-order valence-corrected chi connectivity index (χ1v) is 7.34. The lowest BCUT2D eigenvalue weighted by Gasteiger charge is -2.11. The monoisotopic (exact) mass is 423 g/mol.